The van der Waals surface area contributed by atoms with Crippen molar-refractivity contribution in [3.63, 3.8) is 0 Å². The van der Waals surface area contributed by atoms with Gasteiger partial charge in [0.2, 0.25) is 5.91 Å². The first kappa shape index (κ1) is 17.6. The molecule has 2 aromatic carbocycles. The normalized spacial score (nSPS) is 10.1. The van der Waals surface area contributed by atoms with Crippen LogP contribution >= 0.6 is 15.9 Å². The third kappa shape index (κ3) is 4.17. The van der Waals surface area contributed by atoms with E-state index in [1.165, 1.54) is 25.1 Å². The molecule has 0 bridgehead atoms. The summed E-state index contributed by atoms with van der Waals surface area (Å²) in [5, 5.41) is 16.2. The summed E-state index contributed by atoms with van der Waals surface area (Å²) in [6.45, 7) is 3.05. The maximum atomic E-state index is 12.5. The predicted octanol–water partition coefficient (Wildman–Crippen LogP) is 3.88. The van der Waals surface area contributed by atoms with Gasteiger partial charge in [-0.1, -0.05) is 22.0 Å². The molecule has 2 amide bonds. The maximum absolute atomic E-state index is 12.5. The van der Waals surface area contributed by atoms with Gasteiger partial charge in [0, 0.05) is 29.1 Å². The zero-order chi connectivity index (χ0) is 17.9. The number of nitrogens with zero attached hydrogens (tertiary/aromatic N) is 1. The number of carbonyl (C=O) groups is 2. The summed E-state index contributed by atoms with van der Waals surface area (Å²) in [5.74, 6) is -0.778. The largest absolute Gasteiger partial charge is 0.325 e. The smallest absolute Gasteiger partial charge is 0.270 e. The summed E-state index contributed by atoms with van der Waals surface area (Å²) in [7, 11) is 0. The lowest BCUT2D eigenvalue weighted by Crippen LogP contribution is -2.16. The van der Waals surface area contributed by atoms with Crippen LogP contribution < -0.4 is 10.6 Å². The number of benzene rings is 2. The second-order valence-corrected chi connectivity index (χ2v) is 6.00. The van der Waals surface area contributed by atoms with Crippen molar-refractivity contribution in [1.82, 2.24) is 0 Å². The molecular weight excluding hydrogens is 378 g/mol. The van der Waals surface area contributed by atoms with Crippen molar-refractivity contribution < 1.29 is 14.5 Å². The van der Waals surface area contributed by atoms with Crippen molar-refractivity contribution >= 4 is 44.8 Å². The highest BCUT2D eigenvalue weighted by molar-refractivity contribution is 9.10. The molecule has 0 atom stereocenters. The number of halogens is 1. The summed E-state index contributed by atoms with van der Waals surface area (Å²) in [6.07, 6.45) is 0. The van der Waals surface area contributed by atoms with E-state index in [4.69, 9.17) is 0 Å². The Balaban J connectivity index is 2.36. The van der Waals surface area contributed by atoms with Gasteiger partial charge in [-0.2, -0.15) is 0 Å². The van der Waals surface area contributed by atoms with Crippen LogP contribution in [0.1, 0.15) is 22.8 Å². The van der Waals surface area contributed by atoms with Gasteiger partial charge in [0.15, 0.2) is 0 Å². The molecule has 0 spiro atoms. The van der Waals surface area contributed by atoms with E-state index in [0.717, 1.165) is 0 Å². The van der Waals surface area contributed by atoms with Crippen LogP contribution in [-0.4, -0.2) is 16.7 Å². The molecule has 0 aromatic heterocycles. The van der Waals surface area contributed by atoms with E-state index in [1.807, 2.05) is 0 Å². The highest BCUT2D eigenvalue weighted by atomic mass is 79.9. The van der Waals surface area contributed by atoms with Crippen LogP contribution in [0, 0.1) is 17.0 Å². The van der Waals surface area contributed by atoms with Crippen LogP contribution in [-0.2, 0) is 4.79 Å². The van der Waals surface area contributed by atoms with Crippen LogP contribution in [0.5, 0.6) is 0 Å². The minimum absolute atomic E-state index is 0.165. The van der Waals surface area contributed by atoms with Crippen LogP contribution in [0.25, 0.3) is 0 Å². The molecule has 0 unspecified atom stereocenters. The molecule has 24 heavy (non-hydrogen) atoms. The number of amides is 2. The topological polar surface area (TPSA) is 101 Å². The Labute approximate surface area is 146 Å². The first-order valence-electron chi connectivity index (χ1n) is 6.91. The molecule has 0 heterocycles. The van der Waals surface area contributed by atoms with Gasteiger partial charge in [0.25, 0.3) is 11.6 Å². The van der Waals surface area contributed by atoms with Crippen molar-refractivity contribution in [2.75, 3.05) is 10.6 Å². The van der Waals surface area contributed by atoms with E-state index in [1.54, 1.807) is 25.1 Å². The summed E-state index contributed by atoms with van der Waals surface area (Å²) < 4.78 is 0.711. The number of aryl methyl sites for hydroxylation is 1. The second kappa shape index (κ2) is 7.22. The van der Waals surface area contributed by atoms with Gasteiger partial charge in [-0.15, -0.1) is 0 Å². The third-order valence-corrected chi connectivity index (χ3v) is 3.71. The number of nitrogens with one attached hydrogen (secondary N) is 2. The standard InChI is InChI=1S/C16H14BrN3O4/c1-9-3-5-12(20(23)24)8-13(9)16(22)19-15-7-11(17)4-6-14(15)18-10(2)21/h3-8H,1-2H3,(H,18,21)(H,19,22). The van der Waals surface area contributed by atoms with E-state index in [9.17, 15) is 19.7 Å². The molecule has 2 N–H and O–H groups in total. The lowest BCUT2D eigenvalue weighted by atomic mass is 10.1. The summed E-state index contributed by atoms with van der Waals surface area (Å²) in [4.78, 5) is 34.1. The van der Waals surface area contributed by atoms with E-state index in [0.29, 0.717) is 21.4 Å². The molecule has 8 heteroatoms. The van der Waals surface area contributed by atoms with Crippen molar-refractivity contribution in [3.05, 3.63) is 62.1 Å². The van der Waals surface area contributed by atoms with Gasteiger partial charge in [0.1, 0.15) is 0 Å². The number of non-ortho nitro benzene ring substituents is 1. The number of rotatable bonds is 4. The summed E-state index contributed by atoms with van der Waals surface area (Å²) >= 11 is 3.30. The number of anilines is 2. The Morgan fingerprint density at radius 3 is 2.42 bits per heavy atom. The molecule has 0 aliphatic heterocycles. The van der Waals surface area contributed by atoms with Crippen molar-refractivity contribution in [3.8, 4) is 0 Å². The molecule has 2 rings (SSSR count). The first-order valence-corrected chi connectivity index (χ1v) is 7.71. The zero-order valence-corrected chi connectivity index (χ0v) is 14.5. The number of hydrogen-bond acceptors (Lipinski definition) is 4. The zero-order valence-electron chi connectivity index (χ0n) is 12.9. The Morgan fingerprint density at radius 2 is 1.79 bits per heavy atom. The fourth-order valence-electron chi connectivity index (χ4n) is 2.08. The quantitative estimate of drug-likeness (QED) is 0.609. The number of nitro groups is 1. The highest BCUT2D eigenvalue weighted by Gasteiger charge is 2.16. The highest BCUT2D eigenvalue weighted by Crippen LogP contribution is 2.27. The fourth-order valence-corrected chi connectivity index (χ4v) is 2.44. The van der Waals surface area contributed by atoms with Gasteiger partial charge in [-0.25, -0.2) is 0 Å². The average Bonchev–Trinajstić information content (AvgIpc) is 2.49. The molecule has 124 valence electrons. The van der Waals surface area contributed by atoms with Crippen LogP contribution in [0.4, 0.5) is 17.1 Å². The molecule has 0 saturated heterocycles. The Morgan fingerprint density at radius 1 is 1.08 bits per heavy atom. The average molecular weight is 392 g/mol. The Kier molecular flexibility index (Phi) is 5.30. The van der Waals surface area contributed by atoms with Crippen molar-refractivity contribution in [1.29, 1.82) is 0 Å². The molecule has 0 fully saturated rings. The van der Waals surface area contributed by atoms with E-state index in [-0.39, 0.29) is 17.2 Å². The van der Waals surface area contributed by atoms with Gasteiger partial charge < -0.3 is 10.6 Å². The molecule has 0 aliphatic carbocycles. The number of nitro benzene ring substituents is 1. The second-order valence-electron chi connectivity index (χ2n) is 5.08. The predicted molar refractivity (Wildman–Crippen MR) is 94.2 cm³/mol. The van der Waals surface area contributed by atoms with Crippen molar-refractivity contribution in [2.24, 2.45) is 0 Å². The molecule has 0 aliphatic rings. The molecule has 2 aromatic rings. The minimum atomic E-state index is -0.557. The van der Waals surface area contributed by atoms with Gasteiger partial charge in [-0.05, 0) is 30.7 Å². The molecule has 0 saturated carbocycles. The maximum Gasteiger partial charge on any atom is 0.270 e. The van der Waals surface area contributed by atoms with E-state index in [2.05, 4.69) is 26.6 Å². The lowest BCUT2D eigenvalue weighted by molar-refractivity contribution is -0.384. The SMILES string of the molecule is CC(=O)Nc1ccc(Br)cc1NC(=O)c1cc([N+](=O)[O-])ccc1C. The van der Waals surface area contributed by atoms with Crippen molar-refractivity contribution in [2.45, 2.75) is 13.8 Å². The summed E-state index contributed by atoms with van der Waals surface area (Å²) in [5.41, 5.74) is 1.45. The molecular formula is C16H14BrN3O4. The summed E-state index contributed by atoms with van der Waals surface area (Å²) in [6, 6.07) is 9.08. The Hall–Kier alpha value is -2.74. The van der Waals surface area contributed by atoms with Crippen LogP contribution in [0.3, 0.4) is 0 Å². The first-order chi connectivity index (χ1) is 11.3. The lowest BCUT2D eigenvalue weighted by Gasteiger charge is -2.13. The fraction of sp³-hybridized carbons (Fsp3) is 0.125. The Bertz CT molecular complexity index is 836. The van der Waals surface area contributed by atoms with Gasteiger partial charge in [-0.3, -0.25) is 19.7 Å². The van der Waals surface area contributed by atoms with Crippen LogP contribution in [0.2, 0.25) is 0 Å². The van der Waals surface area contributed by atoms with Gasteiger partial charge >= 0.3 is 0 Å². The van der Waals surface area contributed by atoms with E-state index < -0.39 is 10.8 Å². The minimum Gasteiger partial charge on any atom is -0.325 e. The van der Waals surface area contributed by atoms with Crippen LogP contribution in [0.15, 0.2) is 40.9 Å². The van der Waals surface area contributed by atoms with Gasteiger partial charge in [0.05, 0.1) is 16.3 Å². The third-order valence-electron chi connectivity index (χ3n) is 3.22. The number of carbonyl (C=O) groups excluding carboxylic acids is 2. The monoisotopic (exact) mass is 391 g/mol. The van der Waals surface area contributed by atoms with E-state index >= 15 is 0 Å². The number of hydrogen-bond donors (Lipinski definition) is 2. The molecule has 0 radical (unpaired) electrons. The molecule has 7 nitrogen and oxygen atoms in total.